The number of nitrogens with one attached hydrogen (secondary N) is 8. The summed E-state index contributed by atoms with van der Waals surface area (Å²) in [5, 5.41) is 48.8. The SMILES string of the molecule is Cc1ccccc1C(=O)Nc1nc(NC(=O)c2ccccc2C)n(-c2ccc(C#N)cc2)n1.Cc1ccccc1C(=O)Nc1nc(NC(=O)c2ccccc2C)n(-c2cccc(Cl)c2)n1.Cc1ccccc1C(=O)Nc1nc(NC(=O)c2ccncc2)nn1-c1ccccc1.O=C(Nc1nc(NC(=O)c2ccncc2)n(-c2ccccc2)n1)c1ccncc1. The second kappa shape index (κ2) is 40.1. The van der Waals surface area contributed by atoms with Gasteiger partial charge in [0, 0.05) is 86.7 Å². The van der Waals surface area contributed by atoms with E-state index in [0.717, 1.165) is 27.8 Å². The van der Waals surface area contributed by atoms with E-state index in [1.165, 1.54) is 55.9 Å². The maximum atomic E-state index is 12.9. The van der Waals surface area contributed by atoms with Gasteiger partial charge in [-0.3, -0.25) is 95.8 Å². The summed E-state index contributed by atoms with van der Waals surface area (Å²) in [5.74, 6) is -1.98. The molecule has 33 heteroatoms. The maximum absolute atomic E-state index is 12.9. The van der Waals surface area contributed by atoms with Crippen molar-refractivity contribution in [3.8, 4) is 28.8 Å². The van der Waals surface area contributed by atoms with E-state index < -0.39 is 0 Å². The Morgan fingerprint density at radius 3 is 0.806 bits per heavy atom. The number of aryl methyl sites for hydroxylation is 5. The number of carbonyl (C=O) groups is 8. The summed E-state index contributed by atoms with van der Waals surface area (Å²) in [6, 6.07) is 79.6. The molecule has 32 nitrogen and oxygen atoms in total. The van der Waals surface area contributed by atoms with Crippen LogP contribution in [0.2, 0.25) is 5.02 Å². The summed E-state index contributed by atoms with van der Waals surface area (Å²) < 4.78 is 5.75. The number of anilines is 8. The van der Waals surface area contributed by atoms with Crippen LogP contribution in [0.4, 0.5) is 47.6 Å². The molecule has 7 aromatic heterocycles. The lowest BCUT2D eigenvalue weighted by Crippen LogP contribution is -2.17. The minimum atomic E-state index is -0.385. The number of para-hydroxylation sites is 2. The average molecular weight is 1670 g/mol. The van der Waals surface area contributed by atoms with E-state index in [-0.39, 0.29) is 94.8 Å². The van der Waals surface area contributed by atoms with Crippen LogP contribution >= 0.6 is 11.6 Å². The summed E-state index contributed by atoms with van der Waals surface area (Å²) in [7, 11) is 0. The van der Waals surface area contributed by atoms with E-state index in [4.69, 9.17) is 16.9 Å². The Morgan fingerprint density at radius 1 is 0.274 bits per heavy atom. The molecule has 612 valence electrons. The first-order valence-corrected chi connectivity index (χ1v) is 38.3. The average Bonchev–Trinajstić information content (AvgIpc) is 1.68. The molecule has 0 spiro atoms. The Balaban J connectivity index is 0.000000142. The Bertz CT molecular complexity index is 6600. The van der Waals surface area contributed by atoms with Crippen LogP contribution < -0.4 is 42.5 Å². The summed E-state index contributed by atoms with van der Waals surface area (Å²) in [6.07, 6.45) is 9.14. The van der Waals surface area contributed by atoms with Crippen LogP contribution in [0.3, 0.4) is 0 Å². The van der Waals surface area contributed by atoms with Crippen molar-refractivity contribution in [3.05, 3.63) is 387 Å². The third-order valence-electron chi connectivity index (χ3n) is 18.3. The monoisotopic (exact) mass is 1660 g/mol. The highest BCUT2D eigenvalue weighted by atomic mass is 35.5. The van der Waals surface area contributed by atoms with Gasteiger partial charge in [-0.05, 0) is 196 Å². The molecular weight excluding hydrogens is 1590 g/mol. The maximum Gasteiger partial charge on any atom is 0.258 e. The van der Waals surface area contributed by atoms with E-state index >= 15 is 0 Å². The highest BCUT2D eigenvalue weighted by Crippen LogP contribution is 2.26. The van der Waals surface area contributed by atoms with Crippen LogP contribution in [0.25, 0.3) is 22.7 Å². The number of hydrogen-bond donors (Lipinski definition) is 8. The van der Waals surface area contributed by atoms with Gasteiger partial charge in [0.25, 0.3) is 71.1 Å². The van der Waals surface area contributed by atoms with Crippen molar-refractivity contribution in [3.63, 3.8) is 0 Å². The Hall–Kier alpha value is -17.5. The van der Waals surface area contributed by atoms with Gasteiger partial charge in [-0.1, -0.05) is 145 Å². The summed E-state index contributed by atoms with van der Waals surface area (Å²) in [4.78, 5) is 130. The second-order valence-electron chi connectivity index (χ2n) is 26.9. The quantitative estimate of drug-likeness (QED) is 0.0351. The van der Waals surface area contributed by atoms with Crippen LogP contribution in [0.15, 0.2) is 304 Å². The number of pyridine rings is 3. The molecule has 16 aromatic rings. The van der Waals surface area contributed by atoms with Gasteiger partial charge in [-0.15, -0.1) is 20.4 Å². The van der Waals surface area contributed by atoms with Crippen LogP contribution in [0.5, 0.6) is 0 Å². The molecule has 0 aliphatic rings. The predicted octanol–water partition coefficient (Wildman–Crippen LogP) is 15.3. The van der Waals surface area contributed by atoms with Crippen molar-refractivity contribution >= 4 is 106 Å². The molecule has 16 rings (SSSR count). The van der Waals surface area contributed by atoms with E-state index in [2.05, 4.69) is 104 Å². The Kier molecular flexibility index (Phi) is 27.3. The van der Waals surface area contributed by atoms with Gasteiger partial charge >= 0.3 is 0 Å². The van der Waals surface area contributed by atoms with E-state index in [1.807, 2.05) is 156 Å². The van der Waals surface area contributed by atoms with Gasteiger partial charge in [0.1, 0.15) is 0 Å². The van der Waals surface area contributed by atoms with Gasteiger partial charge in [0.05, 0.1) is 34.4 Å². The molecule has 8 amide bonds. The van der Waals surface area contributed by atoms with Crippen LogP contribution in [0.1, 0.15) is 116 Å². The van der Waals surface area contributed by atoms with E-state index in [0.29, 0.717) is 77.8 Å². The van der Waals surface area contributed by atoms with Crippen molar-refractivity contribution in [2.45, 2.75) is 34.6 Å². The molecular formula is C91H73ClN24O8. The summed E-state index contributed by atoms with van der Waals surface area (Å²) >= 11 is 6.14. The fraction of sp³-hybridized carbons (Fsp3) is 0.0549. The molecule has 0 fully saturated rings. The third-order valence-corrected chi connectivity index (χ3v) is 18.5. The molecule has 0 radical (unpaired) electrons. The predicted molar refractivity (Wildman–Crippen MR) is 467 cm³/mol. The standard InChI is InChI=1S/C25H20N6O2.C24H20ClN5O2.C22H18N6O2.C20H15N7O2/c1-16-7-3-5-9-20(16)22(32)27-24-29-25(28-23(33)21-10-6-4-8-17(21)2)31(30-24)19-13-11-18(15-26)12-14-19;1-15-8-3-5-12-19(15)21(31)26-23-28-24(27-22(32)20-13-6-4-9-16(20)2)30(29-23)18-11-7-10-17(25)14-18;1-15-7-5-6-10-18(15)20(30)25-22-26-21(24-19(29)16-11-13-23-14-12-16)27-28(22)17-8-3-2-4-9-17;28-17(14-6-10-21-11-7-14)23-19-25-20(24-18(29)15-8-12-22-13-9-15)27(26-19)16-4-2-1-3-5-16/h3-14H,1-2H3,(H2,27,28,29,30,32,33);3-14H,1-2H3,(H2,26,27,28,29,31,32);2-14H,1H3,(H2,24,25,26,27,29,30);1-13H,(H2,23,24,25,26,28,29). The molecule has 7 heterocycles. The Labute approximate surface area is 713 Å². The lowest BCUT2D eigenvalue weighted by Gasteiger charge is -2.08. The number of halogens is 1. The zero-order chi connectivity index (χ0) is 87.0. The summed E-state index contributed by atoms with van der Waals surface area (Å²) in [6.45, 7) is 9.24. The largest absolute Gasteiger partial charge is 0.290 e. The number of rotatable bonds is 20. The Morgan fingerprint density at radius 2 is 0.516 bits per heavy atom. The molecule has 0 saturated carbocycles. The number of amides is 8. The molecule has 0 bridgehead atoms. The van der Waals surface area contributed by atoms with Crippen molar-refractivity contribution in [1.82, 2.24) is 74.0 Å². The molecule has 0 unspecified atom stereocenters. The minimum Gasteiger partial charge on any atom is -0.290 e. The highest BCUT2D eigenvalue weighted by Gasteiger charge is 2.25. The van der Waals surface area contributed by atoms with Gasteiger partial charge in [-0.25, -0.2) is 0 Å². The number of nitrogens with zero attached hydrogens (tertiary/aromatic N) is 16. The molecule has 0 aliphatic carbocycles. The number of aromatic nitrogens is 15. The number of hydrogen-bond acceptors (Lipinski definition) is 20. The minimum absolute atomic E-state index is 0.0349. The number of benzene rings is 9. The van der Waals surface area contributed by atoms with Crippen LogP contribution in [-0.4, -0.2) is 121 Å². The van der Waals surface area contributed by atoms with Crippen molar-refractivity contribution in [2.24, 2.45) is 0 Å². The highest BCUT2D eigenvalue weighted by molar-refractivity contribution is 6.30. The first kappa shape index (κ1) is 84.4. The topological polar surface area (TPSA) is 418 Å². The number of nitriles is 1. The zero-order valence-corrected chi connectivity index (χ0v) is 67.4. The molecule has 0 aliphatic heterocycles. The molecule has 124 heavy (non-hydrogen) atoms. The fourth-order valence-corrected chi connectivity index (χ4v) is 12.1. The third kappa shape index (κ3) is 21.6. The molecule has 0 saturated heterocycles. The number of carbonyl (C=O) groups excluding carboxylic acids is 8. The first-order chi connectivity index (χ1) is 60.2. The zero-order valence-electron chi connectivity index (χ0n) is 66.7. The lowest BCUT2D eigenvalue weighted by atomic mass is 10.1. The van der Waals surface area contributed by atoms with Crippen molar-refractivity contribution in [2.75, 3.05) is 42.5 Å². The molecule has 0 atom stereocenters. The first-order valence-electron chi connectivity index (χ1n) is 37.9. The van der Waals surface area contributed by atoms with Crippen molar-refractivity contribution < 1.29 is 38.4 Å². The van der Waals surface area contributed by atoms with Gasteiger partial charge in [-0.2, -0.15) is 43.9 Å². The van der Waals surface area contributed by atoms with E-state index in [1.54, 1.807) is 146 Å². The van der Waals surface area contributed by atoms with Crippen LogP contribution in [0, 0.1) is 45.9 Å². The molecule has 8 N–H and O–H groups in total. The van der Waals surface area contributed by atoms with Gasteiger partial charge < -0.3 is 0 Å². The smallest absolute Gasteiger partial charge is 0.258 e. The fourth-order valence-electron chi connectivity index (χ4n) is 11.9. The van der Waals surface area contributed by atoms with Gasteiger partial charge in [0.15, 0.2) is 0 Å². The summed E-state index contributed by atoms with van der Waals surface area (Å²) in [5.41, 5.74) is 10.9. The van der Waals surface area contributed by atoms with Crippen molar-refractivity contribution in [1.29, 1.82) is 5.26 Å². The lowest BCUT2D eigenvalue weighted by molar-refractivity contribution is 0.101. The van der Waals surface area contributed by atoms with Gasteiger partial charge in [0.2, 0.25) is 23.8 Å². The van der Waals surface area contributed by atoms with Crippen LogP contribution in [-0.2, 0) is 0 Å². The molecule has 9 aromatic carbocycles. The second-order valence-corrected chi connectivity index (χ2v) is 27.3. The van der Waals surface area contributed by atoms with E-state index in [9.17, 15) is 38.4 Å². The normalized spacial score (nSPS) is 10.4.